The molecule has 5 heteroatoms. The van der Waals surface area contributed by atoms with Crippen LogP contribution < -0.4 is 15.5 Å². The molecular formula is C23H29N3O2. The van der Waals surface area contributed by atoms with Crippen molar-refractivity contribution in [2.24, 2.45) is 5.92 Å². The molecule has 1 heterocycles. The minimum Gasteiger partial charge on any atom is -0.371 e. The number of rotatable bonds is 6. The Kier molecular flexibility index (Phi) is 6.34. The number of carbonyl (C=O) groups is 2. The van der Waals surface area contributed by atoms with E-state index in [-0.39, 0.29) is 23.8 Å². The summed E-state index contributed by atoms with van der Waals surface area (Å²) in [7, 11) is 0. The summed E-state index contributed by atoms with van der Waals surface area (Å²) in [6, 6.07) is 15.4. The largest absolute Gasteiger partial charge is 0.371 e. The van der Waals surface area contributed by atoms with Crippen LogP contribution in [-0.4, -0.2) is 24.9 Å². The molecule has 1 aliphatic rings. The molecule has 1 aliphatic heterocycles. The van der Waals surface area contributed by atoms with Crippen LogP contribution in [0.4, 0.5) is 11.4 Å². The van der Waals surface area contributed by atoms with Gasteiger partial charge < -0.3 is 15.5 Å². The number of anilines is 2. The number of hydrogen-bond donors (Lipinski definition) is 2. The molecule has 2 aromatic carbocycles. The highest BCUT2D eigenvalue weighted by atomic mass is 16.2. The summed E-state index contributed by atoms with van der Waals surface area (Å²) in [6.07, 6.45) is 2.26. The van der Waals surface area contributed by atoms with Crippen LogP contribution >= 0.6 is 0 Å². The van der Waals surface area contributed by atoms with E-state index >= 15 is 0 Å². The highest BCUT2D eigenvalue weighted by molar-refractivity contribution is 6.02. The van der Waals surface area contributed by atoms with Gasteiger partial charge in [0, 0.05) is 30.4 Å². The quantitative estimate of drug-likeness (QED) is 0.783. The Hall–Kier alpha value is -2.82. The summed E-state index contributed by atoms with van der Waals surface area (Å²) < 4.78 is 0. The second kappa shape index (κ2) is 8.91. The zero-order valence-electron chi connectivity index (χ0n) is 16.9. The van der Waals surface area contributed by atoms with Gasteiger partial charge in [-0.05, 0) is 43.5 Å². The number of hydrogen-bond acceptors (Lipinski definition) is 3. The summed E-state index contributed by atoms with van der Waals surface area (Å²) in [5.41, 5.74) is 3.24. The van der Waals surface area contributed by atoms with E-state index in [0.717, 1.165) is 37.2 Å². The van der Waals surface area contributed by atoms with Crippen molar-refractivity contribution in [2.75, 3.05) is 23.3 Å². The second-order valence-corrected chi connectivity index (χ2v) is 7.68. The van der Waals surface area contributed by atoms with Crippen LogP contribution in [0.25, 0.3) is 0 Å². The van der Waals surface area contributed by atoms with Crippen molar-refractivity contribution in [1.29, 1.82) is 0 Å². The van der Waals surface area contributed by atoms with Gasteiger partial charge in [0.2, 0.25) is 5.91 Å². The lowest BCUT2D eigenvalue weighted by molar-refractivity contribution is -0.118. The minimum absolute atomic E-state index is 0.0575. The normalized spacial score (nSPS) is 14.8. The molecule has 1 fully saturated rings. The Balaban J connectivity index is 1.86. The topological polar surface area (TPSA) is 61.4 Å². The van der Waals surface area contributed by atoms with Crippen molar-refractivity contribution in [3.05, 3.63) is 59.7 Å². The third kappa shape index (κ3) is 4.71. The minimum atomic E-state index is -0.126. The van der Waals surface area contributed by atoms with Gasteiger partial charge in [-0.3, -0.25) is 9.59 Å². The van der Waals surface area contributed by atoms with E-state index in [4.69, 9.17) is 0 Å². The lowest BCUT2D eigenvalue weighted by atomic mass is 10.1. The van der Waals surface area contributed by atoms with Gasteiger partial charge in [-0.2, -0.15) is 0 Å². The summed E-state index contributed by atoms with van der Waals surface area (Å²) in [5.74, 6) is -0.300. The summed E-state index contributed by atoms with van der Waals surface area (Å²) in [6.45, 7) is 7.58. The molecule has 3 rings (SSSR count). The van der Waals surface area contributed by atoms with E-state index < -0.39 is 0 Å². The fourth-order valence-corrected chi connectivity index (χ4v) is 3.42. The predicted octanol–water partition coefficient (Wildman–Crippen LogP) is 4.37. The van der Waals surface area contributed by atoms with E-state index in [0.29, 0.717) is 11.3 Å². The molecule has 2 N–H and O–H groups in total. The summed E-state index contributed by atoms with van der Waals surface area (Å²) >= 11 is 0. The molecule has 0 bridgehead atoms. The van der Waals surface area contributed by atoms with Crippen molar-refractivity contribution in [2.45, 2.75) is 39.7 Å². The molecule has 1 saturated heterocycles. The zero-order valence-corrected chi connectivity index (χ0v) is 16.9. The molecule has 0 aliphatic carbocycles. The number of amides is 2. The molecule has 2 amide bonds. The molecule has 0 aromatic heterocycles. The second-order valence-electron chi connectivity index (χ2n) is 7.68. The molecule has 2 aromatic rings. The first kappa shape index (κ1) is 19.9. The van der Waals surface area contributed by atoms with Gasteiger partial charge in [-0.15, -0.1) is 0 Å². The van der Waals surface area contributed by atoms with E-state index in [9.17, 15) is 9.59 Å². The van der Waals surface area contributed by atoms with Gasteiger partial charge in [0.05, 0.1) is 11.6 Å². The van der Waals surface area contributed by atoms with E-state index in [2.05, 4.69) is 15.5 Å². The lowest BCUT2D eigenvalue weighted by Crippen LogP contribution is -2.29. The Morgan fingerprint density at radius 1 is 0.964 bits per heavy atom. The van der Waals surface area contributed by atoms with Crippen LogP contribution in [0.1, 0.15) is 55.6 Å². The Morgan fingerprint density at radius 3 is 2.29 bits per heavy atom. The molecule has 0 unspecified atom stereocenters. The molecule has 0 saturated carbocycles. The van der Waals surface area contributed by atoms with Crippen molar-refractivity contribution in [3.8, 4) is 0 Å². The van der Waals surface area contributed by atoms with Crippen molar-refractivity contribution < 1.29 is 9.59 Å². The van der Waals surface area contributed by atoms with Crippen molar-refractivity contribution >= 4 is 23.2 Å². The highest BCUT2D eigenvalue weighted by Gasteiger charge is 2.22. The molecular weight excluding hydrogens is 350 g/mol. The van der Waals surface area contributed by atoms with Crippen LogP contribution in [0.15, 0.2) is 48.5 Å². The Labute approximate surface area is 167 Å². The molecule has 148 valence electrons. The van der Waals surface area contributed by atoms with Crippen LogP contribution in [0.5, 0.6) is 0 Å². The van der Waals surface area contributed by atoms with Gasteiger partial charge in [0.25, 0.3) is 5.91 Å². The predicted molar refractivity (Wildman–Crippen MR) is 114 cm³/mol. The first-order valence-corrected chi connectivity index (χ1v) is 10.0. The first-order chi connectivity index (χ1) is 13.5. The molecule has 1 atom stereocenters. The van der Waals surface area contributed by atoms with Crippen LogP contribution in [-0.2, 0) is 4.79 Å². The summed E-state index contributed by atoms with van der Waals surface area (Å²) in [4.78, 5) is 27.4. The fraction of sp³-hybridized carbons (Fsp3) is 0.391. The van der Waals surface area contributed by atoms with Crippen molar-refractivity contribution in [1.82, 2.24) is 5.32 Å². The van der Waals surface area contributed by atoms with E-state index in [1.807, 2.05) is 63.2 Å². The number of carbonyl (C=O) groups excluding carboxylic acids is 2. The Morgan fingerprint density at radius 2 is 1.64 bits per heavy atom. The maximum atomic E-state index is 13.1. The van der Waals surface area contributed by atoms with Gasteiger partial charge in [-0.1, -0.05) is 44.2 Å². The van der Waals surface area contributed by atoms with Crippen LogP contribution in [0, 0.1) is 5.92 Å². The van der Waals surface area contributed by atoms with E-state index in [1.165, 1.54) is 0 Å². The van der Waals surface area contributed by atoms with Crippen LogP contribution in [0.2, 0.25) is 0 Å². The molecule has 28 heavy (non-hydrogen) atoms. The van der Waals surface area contributed by atoms with E-state index in [1.54, 1.807) is 6.07 Å². The molecule has 0 spiro atoms. The maximum absolute atomic E-state index is 13.1. The van der Waals surface area contributed by atoms with Gasteiger partial charge in [0.15, 0.2) is 0 Å². The first-order valence-electron chi connectivity index (χ1n) is 10.0. The average molecular weight is 380 g/mol. The maximum Gasteiger partial charge on any atom is 0.253 e. The molecule has 0 radical (unpaired) electrons. The monoisotopic (exact) mass is 379 g/mol. The Bertz CT molecular complexity index is 827. The lowest BCUT2D eigenvalue weighted by Gasteiger charge is -2.23. The zero-order chi connectivity index (χ0) is 20.1. The van der Waals surface area contributed by atoms with Gasteiger partial charge in [-0.25, -0.2) is 0 Å². The number of nitrogens with zero attached hydrogens (tertiary/aromatic N) is 1. The fourth-order valence-electron chi connectivity index (χ4n) is 3.42. The third-order valence-electron chi connectivity index (χ3n) is 5.13. The third-order valence-corrected chi connectivity index (χ3v) is 5.13. The number of benzene rings is 2. The average Bonchev–Trinajstić information content (AvgIpc) is 3.23. The smallest absolute Gasteiger partial charge is 0.253 e. The highest BCUT2D eigenvalue weighted by Crippen LogP contribution is 2.28. The van der Waals surface area contributed by atoms with Crippen LogP contribution in [0.3, 0.4) is 0 Å². The van der Waals surface area contributed by atoms with Gasteiger partial charge >= 0.3 is 0 Å². The SMILES string of the molecule is CC(C)C(=O)Nc1ccc(N2CCCC2)c(C(=O)N[C@@H](C)c2ccccc2)c1. The van der Waals surface area contributed by atoms with Gasteiger partial charge in [0.1, 0.15) is 0 Å². The number of nitrogens with one attached hydrogen (secondary N) is 2. The summed E-state index contributed by atoms with van der Waals surface area (Å²) in [5, 5.41) is 6.00. The van der Waals surface area contributed by atoms with Crippen molar-refractivity contribution in [3.63, 3.8) is 0 Å². The standard InChI is InChI=1S/C23H29N3O2/c1-16(2)22(27)25-19-11-12-21(26-13-7-8-14-26)20(15-19)23(28)24-17(3)18-9-5-4-6-10-18/h4-6,9-12,15-17H,7-8,13-14H2,1-3H3,(H,24,28)(H,25,27)/t17-/m0/s1. The molecule has 5 nitrogen and oxygen atoms in total.